The number of benzene rings is 1. The average Bonchev–Trinajstić information content (AvgIpc) is 2.94. The van der Waals surface area contributed by atoms with Crippen LogP contribution in [0, 0.1) is 13.8 Å². The van der Waals surface area contributed by atoms with E-state index < -0.39 is 9.84 Å². The first kappa shape index (κ1) is 19.0. The zero-order chi connectivity index (χ0) is 19.2. The molecule has 9 heteroatoms. The fraction of sp³-hybridized carbons (Fsp3) is 0.294. The number of rotatable bonds is 4. The van der Waals surface area contributed by atoms with E-state index in [0.29, 0.717) is 15.7 Å². The van der Waals surface area contributed by atoms with Gasteiger partial charge in [0.2, 0.25) is 9.84 Å². The minimum absolute atomic E-state index is 0.115. The Hall–Kier alpha value is -1.77. The van der Waals surface area contributed by atoms with Crippen molar-refractivity contribution in [3.05, 3.63) is 40.7 Å². The van der Waals surface area contributed by atoms with Crippen LogP contribution in [0.4, 0.5) is 5.69 Å². The molecule has 0 aliphatic rings. The molecule has 2 heterocycles. The number of fused-ring (bicyclic) bond motifs is 1. The first-order chi connectivity index (χ1) is 12.2. The van der Waals surface area contributed by atoms with Gasteiger partial charge in [0.25, 0.3) is 0 Å². The number of aromatic nitrogens is 3. The highest BCUT2D eigenvalue weighted by Gasteiger charge is 2.30. The van der Waals surface area contributed by atoms with E-state index in [1.54, 1.807) is 22.9 Å². The van der Waals surface area contributed by atoms with E-state index in [1.165, 1.54) is 23.9 Å². The van der Waals surface area contributed by atoms with Gasteiger partial charge in [0, 0.05) is 19.1 Å². The average molecular weight is 411 g/mol. The maximum absolute atomic E-state index is 13.3. The zero-order valence-electron chi connectivity index (χ0n) is 15.1. The summed E-state index contributed by atoms with van der Waals surface area (Å²) in [5.74, 6) is 0. The Morgan fingerprint density at radius 3 is 2.50 bits per heavy atom. The first-order valence-electron chi connectivity index (χ1n) is 7.80. The molecular weight excluding hydrogens is 392 g/mol. The van der Waals surface area contributed by atoms with Gasteiger partial charge in [-0.15, -0.1) is 11.8 Å². The second-order valence-corrected chi connectivity index (χ2v) is 9.18. The van der Waals surface area contributed by atoms with Crippen LogP contribution in [0.1, 0.15) is 11.4 Å². The van der Waals surface area contributed by atoms with E-state index in [9.17, 15) is 8.42 Å². The smallest absolute Gasteiger partial charge is 0.213 e. The molecule has 3 aromatic rings. The quantitative estimate of drug-likeness (QED) is 0.612. The van der Waals surface area contributed by atoms with Crippen LogP contribution in [0.5, 0.6) is 0 Å². The molecule has 6 nitrogen and oxygen atoms in total. The molecule has 0 spiro atoms. The maximum atomic E-state index is 13.3. The topological polar surface area (TPSA) is 67.6 Å². The van der Waals surface area contributed by atoms with Gasteiger partial charge in [0.15, 0.2) is 10.5 Å². The molecule has 0 aliphatic heterocycles. The number of aryl methyl sites for hydroxylation is 2. The summed E-state index contributed by atoms with van der Waals surface area (Å²) >= 11 is 7.28. The second kappa shape index (κ2) is 6.75. The first-order valence-corrected chi connectivity index (χ1v) is 10.9. The molecule has 0 radical (unpaired) electrons. The van der Waals surface area contributed by atoms with Gasteiger partial charge in [-0.05, 0) is 38.3 Å². The third kappa shape index (κ3) is 2.95. The molecule has 0 N–H and O–H groups in total. The van der Waals surface area contributed by atoms with Crippen LogP contribution in [0.2, 0.25) is 5.02 Å². The van der Waals surface area contributed by atoms with E-state index in [0.717, 1.165) is 17.1 Å². The highest BCUT2D eigenvalue weighted by Crippen LogP contribution is 2.35. The van der Waals surface area contributed by atoms with Gasteiger partial charge < -0.3 is 4.90 Å². The molecule has 0 unspecified atom stereocenters. The molecule has 138 valence electrons. The monoisotopic (exact) mass is 410 g/mol. The molecule has 2 aromatic heterocycles. The summed E-state index contributed by atoms with van der Waals surface area (Å²) in [5, 5.41) is 5.28. The highest BCUT2D eigenvalue weighted by molar-refractivity contribution is 7.99. The van der Waals surface area contributed by atoms with Gasteiger partial charge in [-0.3, -0.25) is 0 Å². The fourth-order valence-corrected chi connectivity index (χ4v) is 5.74. The molecule has 1 aromatic carbocycles. The number of hydrogen-bond donors (Lipinski definition) is 0. The minimum Gasteiger partial charge on any atom is -0.375 e. The number of nitrogens with zero attached hydrogens (tertiary/aromatic N) is 4. The summed E-state index contributed by atoms with van der Waals surface area (Å²) in [6, 6.07) is 6.23. The Kier molecular flexibility index (Phi) is 4.94. The Morgan fingerprint density at radius 1 is 1.23 bits per heavy atom. The van der Waals surface area contributed by atoms with Gasteiger partial charge in [-0.25, -0.2) is 17.9 Å². The lowest BCUT2D eigenvalue weighted by Crippen LogP contribution is -2.16. The normalized spacial score (nSPS) is 11.9. The van der Waals surface area contributed by atoms with Crippen LogP contribution in [0.25, 0.3) is 5.65 Å². The van der Waals surface area contributed by atoms with Crippen molar-refractivity contribution in [1.29, 1.82) is 0 Å². The standard InChI is InChI=1S/C17H19ClN4O2S2/c1-10-14(21(3)4)11(2)22-16(19-10)15(17(20-22)25-5)26(23,24)13-8-6-7-12(18)9-13/h6-9H,1-5H3. The largest absolute Gasteiger partial charge is 0.375 e. The lowest BCUT2D eigenvalue weighted by molar-refractivity contribution is 0.594. The molecule has 26 heavy (non-hydrogen) atoms. The molecule has 0 bridgehead atoms. The molecule has 0 aliphatic carbocycles. The summed E-state index contributed by atoms with van der Waals surface area (Å²) in [6.45, 7) is 3.77. The Balaban J connectivity index is 2.40. The minimum atomic E-state index is -3.82. The van der Waals surface area contributed by atoms with Crippen molar-refractivity contribution in [3.63, 3.8) is 0 Å². The van der Waals surface area contributed by atoms with Gasteiger partial charge in [-0.2, -0.15) is 5.10 Å². The summed E-state index contributed by atoms with van der Waals surface area (Å²) < 4.78 is 28.2. The second-order valence-electron chi connectivity index (χ2n) is 6.06. The summed E-state index contributed by atoms with van der Waals surface area (Å²) in [4.78, 5) is 6.76. The molecule has 0 amide bonds. The van der Waals surface area contributed by atoms with Crippen LogP contribution < -0.4 is 4.90 Å². The number of sulfone groups is 1. The number of anilines is 1. The lowest BCUT2D eigenvalue weighted by atomic mass is 10.2. The third-order valence-electron chi connectivity index (χ3n) is 4.08. The Labute approximate surface area is 162 Å². The van der Waals surface area contributed by atoms with E-state index in [-0.39, 0.29) is 9.79 Å². The van der Waals surface area contributed by atoms with Crippen molar-refractivity contribution in [2.45, 2.75) is 28.7 Å². The van der Waals surface area contributed by atoms with E-state index in [2.05, 4.69) is 10.1 Å². The molecule has 0 atom stereocenters. The van der Waals surface area contributed by atoms with Gasteiger partial charge in [0.1, 0.15) is 5.03 Å². The predicted octanol–water partition coefficient (Wildman–Crippen LogP) is 3.62. The van der Waals surface area contributed by atoms with Crippen molar-refractivity contribution in [2.24, 2.45) is 0 Å². The number of hydrogen-bond acceptors (Lipinski definition) is 6. The van der Waals surface area contributed by atoms with Crippen molar-refractivity contribution < 1.29 is 8.42 Å². The van der Waals surface area contributed by atoms with Crippen molar-refractivity contribution >= 4 is 44.5 Å². The lowest BCUT2D eigenvalue weighted by Gasteiger charge is -2.18. The van der Waals surface area contributed by atoms with Crippen LogP contribution in [-0.2, 0) is 9.84 Å². The summed E-state index contributed by atoms with van der Waals surface area (Å²) in [5.41, 5.74) is 2.82. The van der Waals surface area contributed by atoms with Crippen LogP contribution in [-0.4, -0.2) is 43.4 Å². The molecule has 3 rings (SSSR count). The highest BCUT2D eigenvalue weighted by atomic mass is 35.5. The van der Waals surface area contributed by atoms with Crippen LogP contribution >= 0.6 is 23.4 Å². The molecule has 0 saturated heterocycles. The number of halogens is 1. The zero-order valence-corrected chi connectivity index (χ0v) is 17.5. The summed E-state index contributed by atoms with van der Waals surface area (Å²) in [7, 11) is 0.0253. The Bertz CT molecular complexity index is 1110. The Morgan fingerprint density at radius 2 is 1.92 bits per heavy atom. The van der Waals surface area contributed by atoms with Gasteiger partial charge in [0.05, 0.1) is 22.0 Å². The van der Waals surface area contributed by atoms with Crippen molar-refractivity contribution in [3.8, 4) is 0 Å². The van der Waals surface area contributed by atoms with Crippen molar-refractivity contribution in [1.82, 2.24) is 14.6 Å². The van der Waals surface area contributed by atoms with E-state index in [1.807, 2.05) is 32.8 Å². The number of thioether (sulfide) groups is 1. The molecular formula is C17H19ClN4O2S2. The van der Waals surface area contributed by atoms with E-state index in [4.69, 9.17) is 11.6 Å². The fourth-order valence-electron chi connectivity index (χ4n) is 3.05. The van der Waals surface area contributed by atoms with E-state index >= 15 is 0 Å². The molecule has 0 saturated carbocycles. The van der Waals surface area contributed by atoms with Crippen LogP contribution in [0.15, 0.2) is 39.1 Å². The molecule has 0 fully saturated rings. The SMILES string of the molecule is CSc1nn2c(C)c(N(C)C)c(C)nc2c1S(=O)(=O)c1cccc(Cl)c1. The maximum Gasteiger partial charge on any atom is 0.213 e. The van der Waals surface area contributed by atoms with Gasteiger partial charge in [-0.1, -0.05) is 17.7 Å². The third-order valence-corrected chi connectivity index (χ3v) is 6.91. The van der Waals surface area contributed by atoms with Crippen molar-refractivity contribution in [2.75, 3.05) is 25.3 Å². The van der Waals surface area contributed by atoms with Crippen LogP contribution in [0.3, 0.4) is 0 Å². The summed E-state index contributed by atoms with van der Waals surface area (Å²) in [6.07, 6.45) is 1.80. The van der Waals surface area contributed by atoms with Gasteiger partial charge >= 0.3 is 0 Å². The predicted molar refractivity (Wildman–Crippen MR) is 105 cm³/mol.